The fraction of sp³-hybridized carbons (Fsp3) is 0.810. The van der Waals surface area contributed by atoms with Crippen LogP contribution in [0.2, 0.25) is 0 Å². The third-order valence-electron chi connectivity index (χ3n) is 4.34. The zero-order chi connectivity index (χ0) is 23.2. The maximum Gasteiger partial charge on any atom is 0.311 e. The Kier molecular flexibility index (Phi) is 9.27. The van der Waals surface area contributed by atoms with E-state index in [-0.39, 0.29) is 12.5 Å². The number of hydrogen-bond donors (Lipinski definition) is 0. The zero-order valence-corrected chi connectivity index (χ0v) is 19.1. The molecule has 0 aromatic carbocycles. The van der Waals surface area contributed by atoms with Gasteiger partial charge in [-0.25, -0.2) is 0 Å². The summed E-state index contributed by atoms with van der Waals surface area (Å²) in [4.78, 5) is 47.5. The van der Waals surface area contributed by atoms with Crippen LogP contribution in [0.5, 0.6) is 0 Å². The van der Waals surface area contributed by atoms with Gasteiger partial charge < -0.3 is 23.7 Å². The van der Waals surface area contributed by atoms with E-state index in [1.165, 1.54) is 20.8 Å². The Morgan fingerprint density at radius 1 is 0.800 bits per heavy atom. The first kappa shape index (κ1) is 25.9. The minimum absolute atomic E-state index is 0.156. The van der Waals surface area contributed by atoms with Gasteiger partial charge in [0.25, 0.3) is 0 Å². The maximum absolute atomic E-state index is 12.6. The average Bonchev–Trinajstić information content (AvgIpc) is 2.56. The van der Waals surface area contributed by atoms with Gasteiger partial charge in [-0.2, -0.15) is 0 Å². The lowest BCUT2D eigenvalue weighted by Gasteiger charge is -2.45. The van der Waals surface area contributed by atoms with Crippen molar-refractivity contribution >= 4 is 23.9 Å². The van der Waals surface area contributed by atoms with E-state index in [2.05, 4.69) is 0 Å². The molecule has 0 N–H and O–H groups in total. The molecule has 0 saturated carbocycles. The zero-order valence-electron chi connectivity index (χ0n) is 19.1. The van der Waals surface area contributed by atoms with Crippen LogP contribution in [0.3, 0.4) is 0 Å². The summed E-state index contributed by atoms with van der Waals surface area (Å²) < 4.78 is 27.7. The van der Waals surface area contributed by atoms with Gasteiger partial charge in [-0.1, -0.05) is 13.8 Å². The topological polar surface area (TPSA) is 114 Å². The number of carbonyl (C=O) groups is 4. The van der Waals surface area contributed by atoms with Crippen molar-refractivity contribution in [3.8, 4) is 0 Å². The first-order valence-corrected chi connectivity index (χ1v) is 10.1. The van der Waals surface area contributed by atoms with E-state index in [1.54, 1.807) is 20.8 Å². The monoisotopic (exact) mass is 430 g/mol. The van der Waals surface area contributed by atoms with Crippen LogP contribution in [0.4, 0.5) is 0 Å². The summed E-state index contributed by atoms with van der Waals surface area (Å²) in [5.74, 6) is -2.17. The lowest BCUT2D eigenvalue weighted by molar-refractivity contribution is -0.256. The molecule has 1 fully saturated rings. The van der Waals surface area contributed by atoms with Crippen molar-refractivity contribution in [3.05, 3.63) is 0 Å². The van der Waals surface area contributed by atoms with Gasteiger partial charge in [-0.05, 0) is 33.1 Å². The Hall–Kier alpha value is -2.16. The summed E-state index contributed by atoms with van der Waals surface area (Å²) in [6.45, 7) is 12.5. The van der Waals surface area contributed by atoms with Gasteiger partial charge in [0.15, 0.2) is 18.3 Å². The number of carbonyl (C=O) groups excluding carboxylic acids is 4. The van der Waals surface area contributed by atoms with Gasteiger partial charge in [0, 0.05) is 20.8 Å². The second-order valence-electron chi connectivity index (χ2n) is 8.91. The lowest BCUT2D eigenvalue weighted by atomic mass is 9.89. The molecule has 9 nitrogen and oxygen atoms in total. The van der Waals surface area contributed by atoms with Gasteiger partial charge >= 0.3 is 23.9 Å². The molecule has 0 aromatic rings. The molecule has 0 radical (unpaired) electrons. The molecule has 1 saturated heterocycles. The number of ether oxygens (including phenoxy) is 5. The summed E-state index contributed by atoms with van der Waals surface area (Å²) in [5, 5.41) is 0. The molecular formula is C21H34O9. The molecule has 5 atom stereocenters. The van der Waals surface area contributed by atoms with Crippen molar-refractivity contribution in [2.75, 3.05) is 6.61 Å². The molecule has 0 spiro atoms. The van der Waals surface area contributed by atoms with E-state index in [0.717, 1.165) is 0 Å². The first-order valence-electron chi connectivity index (χ1n) is 10.1. The van der Waals surface area contributed by atoms with E-state index < -0.39 is 59.8 Å². The highest BCUT2D eigenvalue weighted by atomic mass is 16.7. The molecule has 30 heavy (non-hydrogen) atoms. The third kappa shape index (κ3) is 7.93. The summed E-state index contributed by atoms with van der Waals surface area (Å²) in [6, 6.07) is 0. The van der Waals surface area contributed by atoms with Crippen LogP contribution in [0.25, 0.3) is 0 Å². The first-order chi connectivity index (χ1) is 13.7. The smallest absolute Gasteiger partial charge is 0.311 e. The van der Waals surface area contributed by atoms with Crippen LogP contribution in [0.15, 0.2) is 0 Å². The molecule has 0 amide bonds. The van der Waals surface area contributed by atoms with Crippen LogP contribution < -0.4 is 0 Å². The molecule has 172 valence electrons. The van der Waals surface area contributed by atoms with E-state index in [4.69, 9.17) is 23.7 Å². The fourth-order valence-electron chi connectivity index (χ4n) is 3.08. The minimum atomic E-state index is -1.12. The number of esters is 4. The highest BCUT2D eigenvalue weighted by Crippen LogP contribution is 2.33. The highest BCUT2D eigenvalue weighted by Gasteiger charge is 2.52. The second kappa shape index (κ2) is 10.7. The normalized spacial score (nSPS) is 26.6. The van der Waals surface area contributed by atoms with Crippen LogP contribution >= 0.6 is 0 Å². The fourth-order valence-corrected chi connectivity index (χ4v) is 3.08. The Balaban J connectivity index is 3.37. The van der Waals surface area contributed by atoms with Gasteiger partial charge in [-0.3, -0.25) is 19.2 Å². The predicted molar refractivity (Wildman–Crippen MR) is 105 cm³/mol. The van der Waals surface area contributed by atoms with Crippen LogP contribution in [0, 0.1) is 11.3 Å². The molecule has 0 bridgehead atoms. The molecule has 0 aromatic heterocycles. The predicted octanol–water partition coefficient (Wildman–Crippen LogP) is 2.18. The van der Waals surface area contributed by atoms with Crippen molar-refractivity contribution in [3.63, 3.8) is 0 Å². The molecule has 0 aliphatic carbocycles. The number of rotatable bonds is 7. The average molecular weight is 430 g/mol. The van der Waals surface area contributed by atoms with E-state index in [0.29, 0.717) is 6.42 Å². The quantitative estimate of drug-likeness (QED) is 0.443. The van der Waals surface area contributed by atoms with E-state index >= 15 is 0 Å². The molecule has 1 aliphatic heterocycles. The Morgan fingerprint density at radius 2 is 1.30 bits per heavy atom. The van der Waals surface area contributed by atoms with Crippen molar-refractivity contribution in [2.24, 2.45) is 11.3 Å². The second-order valence-corrected chi connectivity index (χ2v) is 8.91. The highest BCUT2D eigenvalue weighted by molar-refractivity contribution is 5.75. The Labute approximate surface area is 177 Å². The molecule has 9 heteroatoms. The van der Waals surface area contributed by atoms with Crippen molar-refractivity contribution in [1.29, 1.82) is 0 Å². The minimum Gasteiger partial charge on any atom is -0.463 e. The van der Waals surface area contributed by atoms with Gasteiger partial charge in [-0.15, -0.1) is 0 Å². The van der Waals surface area contributed by atoms with Crippen molar-refractivity contribution in [1.82, 2.24) is 0 Å². The van der Waals surface area contributed by atoms with Crippen LogP contribution in [0.1, 0.15) is 61.8 Å². The van der Waals surface area contributed by atoms with Gasteiger partial charge in [0.1, 0.15) is 12.7 Å². The molecule has 1 rings (SSSR count). The summed E-state index contributed by atoms with van der Waals surface area (Å²) >= 11 is 0. The van der Waals surface area contributed by atoms with Crippen molar-refractivity contribution < 1.29 is 42.9 Å². The van der Waals surface area contributed by atoms with Gasteiger partial charge in [0.2, 0.25) is 0 Å². The Morgan fingerprint density at radius 3 is 1.73 bits per heavy atom. The maximum atomic E-state index is 12.6. The summed E-state index contributed by atoms with van der Waals surface area (Å²) in [5.41, 5.74) is -0.811. The van der Waals surface area contributed by atoms with E-state index in [9.17, 15) is 19.2 Å². The third-order valence-corrected chi connectivity index (χ3v) is 4.34. The standard InChI is InChI=1S/C21H34O9/c1-11(2)9-15-17(30-20(25)21(6,7)8)19(28-14(5)24)18(27-13(4)23)16(29-15)10-26-12(3)22/h11,15-19H,9-10H2,1-8H3/t15-,16-,17+,18+,19-/m1/s1. The molecule has 1 heterocycles. The van der Waals surface area contributed by atoms with E-state index in [1.807, 2.05) is 13.8 Å². The molecular weight excluding hydrogens is 396 g/mol. The van der Waals surface area contributed by atoms with Gasteiger partial charge in [0.05, 0.1) is 11.5 Å². The SMILES string of the molecule is CC(=O)OC[C@H]1O[C@H](CC(C)C)[C@H](OC(=O)C(C)(C)C)[C@@H](OC(C)=O)[C@H]1OC(C)=O. The summed E-state index contributed by atoms with van der Waals surface area (Å²) in [6.07, 6.45) is -4.31. The Bertz CT molecular complexity index is 635. The lowest BCUT2D eigenvalue weighted by Crippen LogP contribution is -2.62. The van der Waals surface area contributed by atoms with Crippen LogP contribution in [-0.2, 0) is 42.9 Å². The van der Waals surface area contributed by atoms with Crippen molar-refractivity contribution in [2.45, 2.75) is 92.3 Å². The number of hydrogen-bond acceptors (Lipinski definition) is 9. The summed E-state index contributed by atoms with van der Waals surface area (Å²) in [7, 11) is 0. The molecule has 1 aliphatic rings. The largest absolute Gasteiger partial charge is 0.463 e. The molecule has 0 unspecified atom stereocenters. The van der Waals surface area contributed by atoms with Crippen LogP contribution in [-0.4, -0.2) is 61.0 Å².